The number of hydrogen-bond acceptors (Lipinski definition) is 3. The smallest absolute Gasteiger partial charge is 0.232 e. The van der Waals surface area contributed by atoms with Crippen LogP contribution in [0.3, 0.4) is 0 Å². The Balaban J connectivity index is 1.31. The van der Waals surface area contributed by atoms with E-state index >= 15 is 0 Å². The molecular formula is C24H29N3O2. The first kappa shape index (κ1) is 19.5. The van der Waals surface area contributed by atoms with Gasteiger partial charge in [0, 0.05) is 45.0 Å². The van der Waals surface area contributed by atoms with E-state index in [2.05, 4.69) is 49.1 Å². The highest BCUT2D eigenvalue weighted by molar-refractivity contribution is 5.97. The number of anilines is 1. The zero-order valence-electron chi connectivity index (χ0n) is 17.4. The molecule has 2 aromatic carbocycles. The van der Waals surface area contributed by atoms with E-state index < -0.39 is 0 Å². The van der Waals surface area contributed by atoms with Crippen molar-refractivity contribution in [2.45, 2.75) is 33.2 Å². The number of piperazine rings is 1. The summed E-state index contributed by atoms with van der Waals surface area (Å²) in [4.78, 5) is 31.4. The van der Waals surface area contributed by atoms with Crippen LogP contribution in [0, 0.1) is 13.8 Å². The summed E-state index contributed by atoms with van der Waals surface area (Å²) < 4.78 is 0. The Morgan fingerprint density at radius 1 is 0.793 bits per heavy atom. The van der Waals surface area contributed by atoms with Crippen LogP contribution >= 0.6 is 0 Å². The number of amides is 2. The molecular weight excluding hydrogens is 362 g/mol. The molecule has 4 rings (SSSR count). The third-order valence-electron chi connectivity index (χ3n) is 6.33. The molecule has 0 aromatic heterocycles. The number of fused-ring (bicyclic) bond motifs is 1. The van der Waals surface area contributed by atoms with Gasteiger partial charge in [0.05, 0.1) is 0 Å². The second-order valence-corrected chi connectivity index (χ2v) is 8.10. The fourth-order valence-corrected chi connectivity index (χ4v) is 4.34. The number of carbonyl (C=O) groups excluding carboxylic acids is 2. The summed E-state index contributed by atoms with van der Waals surface area (Å²) in [6.07, 6.45) is 0.844. The molecule has 0 N–H and O–H groups in total. The van der Waals surface area contributed by atoms with Gasteiger partial charge in [0.1, 0.15) is 6.42 Å². The van der Waals surface area contributed by atoms with Gasteiger partial charge in [-0.25, -0.2) is 0 Å². The normalized spacial score (nSPS) is 16.6. The van der Waals surface area contributed by atoms with Gasteiger partial charge in [0.25, 0.3) is 0 Å². The first-order valence-corrected chi connectivity index (χ1v) is 10.5. The Hall–Kier alpha value is -2.82. The Kier molecular flexibility index (Phi) is 5.56. The summed E-state index contributed by atoms with van der Waals surface area (Å²) in [5.41, 5.74) is 6.34. The van der Waals surface area contributed by atoms with E-state index in [1.165, 1.54) is 27.9 Å². The number of benzene rings is 2. The largest absolute Gasteiger partial charge is 0.368 e. The van der Waals surface area contributed by atoms with Gasteiger partial charge in [-0.05, 0) is 48.6 Å². The van der Waals surface area contributed by atoms with Gasteiger partial charge < -0.3 is 14.7 Å². The third kappa shape index (κ3) is 4.14. The van der Waals surface area contributed by atoms with Crippen LogP contribution in [0.2, 0.25) is 0 Å². The Bertz CT molecular complexity index is 916. The monoisotopic (exact) mass is 391 g/mol. The van der Waals surface area contributed by atoms with Crippen molar-refractivity contribution in [1.29, 1.82) is 0 Å². The van der Waals surface area contributed by atoms with Crippen molar-refractivity contribution in [3.63, 3.8) is 0 Å². The number of aryl methyl sites for hydroxylation is 1. The fraction of sp³-hybridized carbons (Fsp3) is 0.417. The standard InChI is InChI=1S/C24H29N3O2/c1-18-6-5-9-22(19(18)2)25-12-14-26(15-13-25)23(28)16-24(29)27-11-10-20-7-3-4-8-21(20)17-27/h3-9H,10-17H2,1-2H3. The molecule has 0 aliphatic carbocycles. The predicted octanol–water partition coefficient (Wildman–Crippen LogP) is 2.93. The van der Waals surface area contributed by atoms with Gasteiger partial charge in [-0.1, -0.05) is 36.4 Å². The van der Waals surface area contributed by atoms with Crippen molar-refractivity contribution < 1.29 is 9.59 Å². The number of rotatable bonds is 3. The van der Waals surface area contributed by atoms with E-state index in [0.717, 1.165) is 19.5 Å². The summed E-state index contributed by atoms with van der Waals surface area (Å²) in [7, 11) is 0. The van der Waals surface area contributed by atoms with E-state index in [9.17, 15) is 9.59 Å². The van der Waals surface area contributed by atoms with Crippen LogP contribution in [0.1, 0.15) is 28.7 Å². The van der Waals surface area contributed by atoms with Gasteiger partial charge in [-0.3, -0.25) is 9.59 Å². The van der Waals surface area contributed by atoms with Crippen molar-refractivity contribution in [2.75, 3.05) is 37.6 Å². The average Bonchev–Trinajstić information content (AvgIpc) is 2.75. The van der Waals surface area contributed by atoms with Crippen LogP contribution in [0.15, 0.2) is 42.5 Å². The maximum Gasteiger partial charge on any atom is 0.232 e. The summed E-state index contributed by atoms with van der Waals surface area (Å²) in [6.45, 7) is 8.54. The van der Waals surface area contributed by atoms with Gasteiger partial charge in [0.2, 0.25) is 11.8 Å². The molecule has 2 aliphatic rings. The Labute approximate surface area is 172 Å². The van der Waals surface area contributed by atoms with Crippen molar-refractivity contribution in [3.05, 3.63) is 64.7 Å². The molecule has 2 heterocycles. The highest BCUT2D eigenvalue weighted by Crippen LogP contribution is 2.24. The molecule has 29 heavy (non-hydrogen) atoms. The van der Waals surface area contributed by atoms with E-state index in [-0.39, 0.29) is 18.2 Å². The molecule has 0 unspecified atom stereocenters. The molecule has 5 heteroatoms. The predicted molar refractivity (Wildman–Crippen MR) is 115 cm³/mol. The van der Waals surface area contributed by atoms with Crippen LogP contribution in [0.5, 0.6) is 0 Å². The second kappa shape index (κ2) is 8.27. The maximum atomic E-state index is 12.7. The minimum absolute atomic E-state index is 0.0222. The maximum absolute atomic E-state index is 12.7. The molecule has 0 atom stereocenters. The fourth-order valence-electron chi connectivity index (χ4n) is 4.34. The van der Waals surface area contributed by atoms with E-state index in [4.69, 9.17) is 0 Å². The van der Waals surface area contributed by atoms with E-state index in [1.54, 1.807) is 0 Å². The molecule has 0 saturated carbocycles. The zero-order chi connectivity index (χ0) is 20.4. The summed E-state index contributed by atoms with van der Waals surface area (Å²) in [5.74, 6) is -0.101. The molecule has 0 spiro atoms. The first-order chi connectivity index (χ1) is 14.0. The molecule has 152 valence electrons. The lowest BCUT2D eigenvalue weighted by Crippen LogP contribution is -2.50. The average molecular weight is 392 g/mol. The molecule has 0 radical (unpaired) electrons. The third-order valence-corrected chi connectivity index (χ3v) is 6.33. The Morgan fingerprint density at radius 2 is 1.48 bits per heavy atom. The van der Waals surface area contributed by atoms with Crippen LogP contribution in [0.4, 0.5) is 5.69 Å². The first-order valence-electron chi connectivity index (χ1n) is 10.5. The van der Waals surface area contributed by atoms with Crippen molar-refractivity contribution in [1.82, 2.24) is 9.80 Å². The highest BCUT2D eigenvalue weighted by Gasteiger charge is 2.27. The van der Waals surface area contributed by atoms with Gasteiger partial charge >= 0.3 is 0 Å². The van der Waals surface area contributed by atoms with Gasteiger partial charge in [-0.15, -0.1) is 0 Å². The molecule has 1 saturated heterocycles. The van der Waals surface area contributed by atoms with Crippen molar-refractivity contribution >= 4 is 17.5 Å². The van der Waals surface area contributed by atoms with E-state index in [0.29, 0.717) is 26.2 Å². The minimum Gasteiger partial charge on any atom is -0.368 e. The van der Waals surface area contributed by atoms with Crippen LogP contribution < -0.4 is 4.90 Å². The number of nitrogens with zero attached hydrogens (tertiary/aromatic N) is 3. The van der Waals surface area contributed by atoms with Crippen LogP contribution in [-0.4, -0.2) is 54.3 Å². The Morgan fingerprint density at radius 3 is 2.24 bits per heavy atom. The lowest BCUT2D eigenvalue weighted by molar-refractivity contribution is -0.141. The SMILES string of the molecule is Cc1cccc(N2CCN(C(=O)CC(=O)N3CCc4ccccc4C3)CC2)c1C. The number of hydrogen-bond donors (Lipinski definition) is 0. The zero-order valence-corrected chi connectivity index (χ0v) is 17.4. The molecule has 0 bridgehead atoms. The highest BCUT2D eigenvalue weighted by atomic mass is 16.2. The summed E-state index contributed by atoms with van der Waals surface area (Å²) in [5, 5.41) is 0. The summed E-state index contributed by atoms with van der Waals surface area (Å²) >= 11 is 0. The van der Waals surface area contributed by atoms with Crippen molar-refractivity contribution in [2.24, 2.45) is 0 Å². The lowest BCUT2D eigenvalue weighted by atomic mass is 10.00. The molecule has 2 aliphatic heterocycles. The molecule has 5 nitrogen and oxygen atoms in total. The second-order valence-electron chi connectivity index (χ2n) is 8.10. The number of carbonyl (C=O) groups is 2. The molecule has 1 fully saturated rings. The van der Waals surface area contributed by atoms with E-state index in [1.807, 2.05) is 21.9 Å². The topological polar surface area (TPSA) is 43.9 Å². The van der Waals surface area contributed by atoms with Gasteiger partial charge in [0.15, 0.2) is 0 Å². The summed E-state index contributed by atoms with van der Waals surface area (Å²) in [6, 6.07) is 14.6. The van der Waals surface area contributed by atoms with Crippen LogP contribution in [-0.2, 0) is 22.6 Å². The molecule has 2 amide bonds. The van der Waals surface area contributed by atoms with Crippen LogP contribution in [0.25, 0.3) is 0 Å². The lowest BCUT2D eigenvalue weighted by Gasteiger charge is -2.37. The quantitative estimate of drug-likeness (QED) is 0.756. The minimum atomic E-state index is -0.0542. The van der Waals surface area contributed by atoms with Crippen molar-refractivity contribution in [3.8, 4) is 0 Å². The van der Waals surface area contributed by atoms with Gasteiger partial charge in [-0.2, -0.15) is 0 Å². The molecule has 2 aromatic rings.